The highest BCUT2D eigenvalue weighted by atomic mass is 16.1. The molecule has 0 bridgehead atoms. The summed E-state index contributed by atoms with van der Waals surface area (Å²) in [5.74, 6) is 0.556. The van der Waals surface area contributed by atoms with Crippen LogP contribution in [0, 0.1) is 5.92 Å². The van der Waals surface area contributed by atoms with Crippen LogP contribution in [0.3, 0.4) is 0 Å². The van der Waals surface area contributed by atoms with Gasteiger partial charge in [-0.3, -0.25) is 9.78 Å². The molecule has 0 spiro atoms. The van der Waals surface area contributed by atoms with Gasteiger partial charge >= 0.3 is 0 Å². The van der Waals surface area contributed by atoms with Gasteiger partial charge in [-0.15, -0.1) is 0 Å². The Morgan fingerprint density at radius 3 is 2.43 bits per heavy atom. The van der Waals surface area contributed by atoms with E-state index in [1.165, 1.54) is 5.56 Å². The van der Waals surface area contributed by atoms with Gasteiger partial charge in [0, 0.05) is 12.4 Å². The van der Waals surface area contributed by atoms with Gasteiger partial charge in [-0.05, 0) is 42.5 Å². The third-order valence-electron chi connectivity index (χ3n) is 3.39. The van der Waals surface area contributed by atoms with Gasteiger partial charge in [0.25, 0.3) is 5.91 Å². The number of rotatable bonds is 5. The Kier molecular flexibility index (Phi) is 5.09. The third kappa shape index (κ3) is 4.42. The van der Waals surface area contributed by atoms with Crippen LogP contribution in [0.4, 0.5) is 0 Å². The van der Waals surface area contributed by atoms with Crippen molar-refractivity contribution in [2.24, 2.45) is 5.92 Å². The van der Waals surface area contributed by atoms with E-state index >= 15 is 0 Å². The molecule has 0 radical (unpaired) electrons. The van der Waals surface area contributed by atoms with Crippen LogP contribution in [-0.4, -0.2) is 10.9 Å². The highest BCUT2D eigenvalue weighted by molar-refractivity contribution is 5.94. The summed E-state index contributed by atoms with van der Waals surface area (Å²) >= 11 is 0. The number of nitrogens with zero attached hydrogens (tertiary/aromatic N) is 1. The fourth-order valence-corrected chi connectivity index (χ4v) is 2.27. The second kappa shape index (κ2) is 7.02. The first-order valence-electron chi connectivity index (χ1n) is 7.36. The van der Waals surface area contributed by atoms with Crippen molar-refractivity contribution in [2.75, 3.05) is 0 Å². The number of hydrogen-bond donors (Lipinski definition) is 1. The molecule has 110 valence electrons. The molecule has 1 aromatic heterocycles. The predicted molar refractivity (Wildman–Crippen MR) is 85.1 cm³/mol. The maximum atomic E-state index is 12.1. The summed E-state index contributed by atoms with van der Waals surface area (Å²) < 4.78 is 0. The van der Waals surface area contributed by atoms with E-state index in [1.54, 1.807) is 24.5 Å². The second-order valence-electron chi connectivity index (χ2n) is 5.78. The summed E-state index contributed by atoms with van der Waals surface area (Å²) in [6, 6.07) is 12.0. The van der Waals surface area contributed by atoms with Crippen LogP contribution in [0.2, 0.25) is 0 Å². The minimum Gasteiger partial charge on any atom is -0.345 e. The summed E-state index contributed by atoms with van der Waals surface area (Å²) in [5, 5.41) is 2.99. The van der Waals surface area contributed by atoms with E-state index in [4.69, 9.17) is 0 Å². The predicted octanol–water partition coefficient (Wildman–Crippen LogP) is 3.77. The minimum atomic E-state index is -0.0955. The average molecular weight is 282 g/mol. The molecule has 2 aromatic rings. The Morgan fingerprint density at radius 2 is 1.86 bits per heavy atom. The number of amides is 1. The molecule has 1 atom stereocenters. The monoisotopic (exact) mass is 282 g/mol. The molecule has 3 nitrogen and oxygen atoms in total. The fraction of sp³-hybridized carbons (Fsp3) is 0.333. The van der Waals surface area contributed by atoms with Gasteiger partial charge in [-0.1, -0.05) is 38.1 Å². The lowest BCUT2D eigenvalue weighted by Crippen LogP contribution is -2.26. The maximum Gasteiger partial charge on any atom is 0.253 e. The van der Waals surface area contributed by atoms with Crippen molar-refractivity contribution < 1.29 is 4.79 Å². The average Bonchev–Trinajstić information content (AvgIpc) is 2.48. The molecule has 0 saturated heterocycles. The molecule has 1 amide bonds. The highest BCUT2D eigenvalue weighted by Crippen LogP contribution is 2.16. The molecule has 1 heterocycles. The van der Waals surface area contributed by atoms with E-state index in [1.807, 2.05) is 6.92 Å². The molecule has 0 aliphatic rings. The SMILES string of the molecule is CC(C)Cc1ccc(C(C)NC(=O)c2cccnc2)cc1. The van der Waals surface area contributed by atoms with Gasteiger partial charge in [0.05, 0.1) is 11.6 Å². The van der Waals surface area contributed by atoms with Gasteiger partial charge in [-0.25, -0.2) is 0 Å². The normalized spacial score (nSPS) is 12.2. The van der Waals surface area contributed by atoms with Gasteiger partial charge in [0.2, 0.25) is 0 Å². The van der Waals surface area contributed by atoms with Crippen molar-refractivity contribution in [1.82, 2.24) is 10.3 Å². The van der Waals surface area contributed by atoms with Crippen molar-refractivity contribution >= 4 is 5.91 Å². The van der Waals surface area contributed by atoms with Crippen LogP contribution in [0.25, 0.3) is 0 Å². The molecule has 1 N–H and O–H groups in total. The van der Waals surface area contributed by atoms with Gasteiger partial charge in [0.1, 0.15) is 0 Å². The van der Waals surface area contributed by atoms with E-state index in [-0.39, 0.29) is 11.9 Å². The molecule has 3 heteroatoms. The van der Waals surface area contributed by atoms with Crippen LogP contribution in [0.5, 0.6) is 0 Å². The summed E-state index contributed by atoms with van der Waals surface area (Å²) in [4.78, 5) is 16.1. The number of nitrogens with one attached hydrogen (secondary N) is 1. The van der Waals surface area contributed by atoms with Crippen LogP contribution in [-0.2, 0) is 6.42 Å². The molecular weight excluding hydrogens is 260 g/mol. The maximum absolute atomic E-state index is 12.1. The van der Waals surface area contributed by atoms with E-state index in [0.717, 1.165) is 12.0 Å². The number of pyridine rings is 1. The minimum absolute atomic E-state index is 0.0224. The molecule has 0 saturated carbocycles. The number of aromatic nitrogens is 1. The topological polar surface area (TPSA) is 42.0 Å². The molecule has 1 unspecified atom stereocenters. The third-order valence-corrected chi connectivity index (χ3v) is 3.39. The van der Waals surface area contributed by atoms with Gasteiger partial charge in [-0.2, -0.15) is 0 Å². The molecule has 2 rings (SSSR count). The molecule has 1 aromatic carbocycles. The lowest BCUT2D eigenvalue weighted by Gasteiger charge is -2.15. The largest absolute Gasteiger partial charge is 0.345 e. The van der Waals surface area contributed by atoms with Crippen molar-refractivity contribution in [3.63, 3.8) is 0 Å². The Balaban J connectivity index is 2.00. The van der Waals surface area contributed by atoms with E-state index in [0.29, 0.717) is 11.5 Å². The number of benzene rings is 1. The van der Waals surface area contributed by atoms with Crippen molar-refractivity contribution in [3.05, 3.63) is 65.5 Å². The van der Waals surface area contributed by atoms with Gasteiger partial charge in [0.15, 0.2) is 0 Å². The molecule has 0 aliphatic carbocycles. The number of hydrogen-bond acceptors (Lipinski definition) is 2. The summed E-state index contributed by atoms with van der Waals surface area (Å²) in [7, 11) is 0. The van der Waals surface area contributed by atoms with Gasteiger partial charge < -0.3 is 5.32 Å². The zero-order valence-corrected chi connectivity index (χ0v) is 12.8. The van der Waals surface area contributed by atoms with E-state index in [9.17, 15) is 4.79 Å². The summed E-state index contributed by atoms with van der Waals surface area (Å²) in [5.41, 5.74) is 3.03. The Hall–Kier alpha value is -2.16. The Morgan fingerprint density at radius 1 is 1.14 bits per heavy atom. The molecular formula is C18H22N2O. The molecule has 0 fully saturated rings. The first-order valence-corrected chi connectivity index (χ1v) is 7.36. The zero-order valence-electron chi connectivity index (χ0n) is 12.8. The van der Waals surface area contributed by atoms with E-state index in [2.05, 4.69) is 48.4 Å². The van der Waals surface area contributed by atoms with Crippen LogP contribution in [0.1, 0.15) is 48.3 Å². The highest BCUT2D eigenvalue weighted by Gasteiger charge is 2.11. The van der Waals surface area contributed by atoms with E-state index < -0.39 is 0 Å². The zero-order chi connectivity index (χ0) is 15.2. The summed E-state index contributed by atoms with van der Waals surface area (Å²) in [6.07, 6.45) is 4.32. The quantitative estimate of drug-likeness (QED) is 0.907. The molecule has 21 heavy (non-hydrogen) atoms. The molecule has 0 aliphatic heterocycles. The number of carbonyl (C=O) groups excluding carboxylic acids is 1. The Labute approximate surface area is 126 Å². The second-order valence-corrected chi connectivity index (χ2v) is 5.78. The van der Waals surface area contributed by atoms with Crippen LogP contribution >= 0.6 is 0 Å². The fourth-order valence-electron chi connectivity index (χ4n) is 2.27. The van der Waals surface area contributed by atoms with Crippen LogP contribution < -0.4 is 5.32 Å². The number of carbonyl (C=O) groups is 1. The Bertz CT molecular complexity index is 576. The lowest BCUT2D eigenvalue weighted by molar-refractivity contribution is 0.0939. The standard InChI is InChI=1S/C18H22N2O/c1-13(2)11-15-6-8-16(9-7-15)14(3)20-18(21)17-5-4-10-19-12-17/h4-10,12-14H,11H2,1-3H3,(H,20,21). The smallest absolute Gasteiger partial charge is 0.253 e. The first-order chi connectivity index (χ1) is 10.1. The van der Waals surface area contributed by atoms with Crippen LogP contribution in [0.15, 0.2) is 48.8 Å². The lowest BCUT2D eigenvalue weighted by atomic mass is 10.00. The van der Waals surface area contributed by atoms with Crippen molar-refractivity contribution in [3.8, 4) is 0 Å². The van der Waals surface area contributed by atoms with Crippen molar-refractivity contribution in [2.45, 2.75) is 33.2 Å². The first kappa shape index (κ1) is 15.2. The summed E-state index contributed by atoms with van der Waals surface area (Å²) in [6.45, 7) is 6.42. The van der Waals surface area contributed by atoms with Crippen molar-refractivity contribution in [1.29, 1.82) is 0 Å².